The predicted molar refractivity (Wildman–Crippen MR) is 90.3 cm³/mol. The zero-order valence-electron chi connectivity index (χ0n) is 13.2. The molecular weight excluding hydrogens is 289 g/mol. The van der Waals surface area contributed by atoms with Crippen molar-refractivity contribution in [1.82, 2.24) is 14.8 Å². The second kappa shape index (κ2) is 6.57. The standard InChI is InChI=1S/C19H18FN3/c1-14-3-7-16(8-4-14)18(11-23-13-21-12-22-23)19(20)17-9-5-15(2)6-10-17/h3-10,12-13H,11H2,1-2H3/b19-18-. The molecule has 116 valence electrons. The van der Waals surface area contributed by atoms with Crippen molar-refractivity contribution in [2.75, 3.05) is 0 Å². The van der Waals surface area contributed by atoms with E-state index in [-0.39, 0.29) is 5.83 Å². The summed E-state index contributed by atoms with van der Waals surface area (Å²) in [5, 5.41) is 4.09. The van der Waals surface area contributed by atoms with Crippen molar-refractivity contribution in [2.24, 2.45) is 0 Å². The first-order valence-corrected chi connectivity index (χ1v) is 7.48. The number of hydrogen-bond donors (Lipinski definition) is 0. The number of allylic oxidation sites excluding steroid dienone is 1. The van der Waals surface area contributed by atoms with Crippen molar-refractivity contribution in [3.63, 3.8) is 0 Å². The average Bonchev–Trinajstić information content (AvgIpc) is 3.07. The molecule has 0 unspecified atom stereocenters. The van der Waals surface area contributed by atoms with Crippen molar-refractivity contribution < 1.29 is 4.39 Å². The van der Waals surface area contributed by atoms with Gasteiger partial charge >= 0.3 is 0 Å². The summed E-state index contributed by atoms with van der Waals surface area (Å²) in [6, 6.07) is 15.3. The molecule has 0 fully saturated rings. The molecule has 0 amide bonds. The van der Waals surface area contributed by atoms with Gasteiger partial charge in [0.25, 0.3) is 0 Å². The Labute approximate surface area is 135 Å². The van der Waals surface area contributed by atoms with E-state index in [4.69, 9.17) is 0 Å². The molecule has 0 aliphatic carbocycles. The maximum atomic E-state index is 15.1. The van der Waals surface area contributed by atoms with Crippen molar-refractivity contribution >= 4 is 11.4 Å². The van der Waals surface area contributed by atoms with E-state index in [2.05, 4.69) is 10.1 Å². The molecule has 0 spiro atoms. The Morgan fingerprint density at radius 2 is 1.48 bits per heavy atom. The van der Waals surface area contributed by atoms with Crippen LogP contribution in [0.15, 0.2) is 61.2 Å². The molecule has 0 aliphatic heterocycles. The van der Waals surface area contributed by atoms with Crippen LogP contribution in [0.2, 0.25) is 0 Å². The van der Waals surface area contributed by atoms with Gasteiger partial charge in [0, 0.05) is 11.1 Å². The van der Waals surface area contributed by atoms with Crippen LogP contribution in [0.3, 0.4) is 0 Å². The van der Waals surface area contributed by atoms with E-state index in [0.29, 0.717) is 17.7 Å². The molecule has 3 nitrogen and oxygen atoms in total. The molecule has 4 heteroatoms. The molecule has 0 radical (unpaired) electrons. The molecule has 1 heterocycles. The van der Waals surface area contributed by atoms with Gasteiger partial charge < -0.3 is 0 Å². The van der Waals surface area contributed by atoms with E-state index >= 15 is 4.39 Å². The maximum absolute atomic E-state index is 15.1. The second-order valence-corrected chi connectivity index (χ2v) is 5.62. The molecule has 23 heavy (non-hydrogen) atoms. The maximum Gasteiger partial charge on any atom is 0.137 e. The quantitative estimate of drug-likeness (QED) is 0.667. The minimum absolute atomic E-state index is 0.232. The van der Waals surface area contributed by atoms with Crippen molar-refractivity contribution in [3.05, 3.63) is 83.4 Å². The largest absolute Gasteiger partial charge is 0.248 e. The Morgan fingerprint density at radius 3 is 2.00 bits per heavy atom. The summed E-state index contributed by atoms with van der Waals surface area (Å²) in [7, 11) is 0. The zero-order chi connectivity index (χ0) is 16.2. The van der Waals surface area contributed by atoms with Crippen molar-refractivity contribution in [2.45, 2.75) is 20.4 Å². The molecule has 0 bridgehead atoms. The monoisotopic (exact) mass is 307 g/mol. The van der Waals surface area contributed by atoms with Gasteiger partial charge in [-0.15, -0.1) is 0 Å². The van der Waals surface area contributed by atoms with Crippen LogP contribution in [0.5, 0.6) is 0 Å². The summed E-state index contributed by atoms with van der Waals surface area (Å²) in [5.74, 6) is -0.232. The number of benzene rings is 2. The summed E-state index contributed by atoms with van der Waals surface area (Å²) >= 11 is 0. The third kappa shape index (κ3) is 3.54. The van der Waals surface area contributed by atoms with Gasteiger partial charge in [0.1, 0.15) is 18.5 Å². The number of aromatic nitrogens is 3. The van der Waals surface area contributed by atoms with Crippen LogP contribution in [-0.4, -0.2) is 14.8 Å². The summed E-state index contributed by atoms with van der Waals surface area (Å²) in [6.07, 6.45) is 3.05. The van der Waals surface area contributed by atoms with Gasteiger partial charge in [-0.3, -0.25) is 0 Å². The highest BCUT2D eigenvalue weighted by molar-refractivity contribution is 5.87. The van der Waals surface area contributed by atoms with Gasteiger partial charge in [0.15, 0.2) is 0 Å². The Kier molecular flexibility index (Phi) is 4.33. The van der Waals surface area contributed by atoms with Crippen LogP contribution in [0, 0.1) is 13.8 Å². The fourth-order valence-electron chi connectivity index (χ4n) is 2.39. The Bertz CT molecular complexity index is 801. The van der Waals surface area contributed by atoms with Crippen molar-refractivity contribution in [3.8, 4) is 0 Å². The number of hydrogen-bond acceptors (Lipinski definition) is 2. The van der Waals surface area contributed by atoms with Crippen LogP contribution >= 0.6 is 0 Å². The van der Waals surface area contributed by atoms with Crippen LogP contribution in [0.25, 0.3) is 11.4 Å². The first kappa shape index (κ1) is 15.2. The van der Waals surface area contributed by atoms with Crippen LogP contribution in [0.4, 0.5) is 4.39 Å². The fraction of sp³-hybridized carbons (Fsp3) is 0.158. The first-order valence-electron chi connectivity index (χ1n) is 7.48. The van der Waals surface area contributed by atoms with E-state index in [1.54, 1.807) is 23.1 Å². The molecule has 3 aromatic rings. The normalized spacial score (nSPS) is 12.1. The number of nitrogens with zero attached hydrogens (tertiary/aromatic N) is 3. The lowest BCUT2D eigenvalue weighted by molar-refractivity contribution is 0.695. The highest BCUT2D eigenvalue weighted by Gasteiger charge is 2.13. The first-order chi connectivity index (χ1) is 11.1. The van der Waals surface area contributed by atoms with E-state index in [9.17, 15) is 0 Å². The Morgan fingerprint density at radius 1 is 0.913 bits per heavy atom. The van der Waals surface area contributed by atoms with Crippen LogP contribution in [-0.2, 0) is 6.54 Å². The molecule has 3 rings (SSSR count). The number of halogens is 1. The second-order valence-electron chi connectivity index (χ2n) is 5.62. The molecule has 0 N–H and O–H groups in total. The summed E-state index contributed by atoms with van der Waals surface area (Å²) in [4.78, 5) is 3.93. The Balaban J connectivity index is 2.07. The molecule has 0 saturated heterocycles. The van der Waals surface area contributed by atoms with Gasteiger partial charge in [-0.25, -0.2) is 14.1 Å². The van der Waals surface area contributed by atoms with Gasteiger partial charge in [-0.1, -0.05) is 59.7 Å². The Hall–Kier alpha value is -2.75. The lowest BCUT2D eigenvalue weighted by Crippen LogP contribution is -2.03. The van der Waals surface area contributed by atoms with E-state index in [0.717, 1.165) is 16.7 Å². The lowest BCUT2D eigenvalue weighted by Gasteiger charge is -2.11. The van der Waals surface area contributed by atoms with E-state index in [1.165, 1.54) is 6.33 Å². The zero-order valence-corrected chi connectivity index (χ0v) is 13.2. The summed E-state index contributed by atoms with van der Waals surface area (Å²) < 4.78 is 16.8. The van der Waals surface area contributed by atoms with Crippen LogP contribution < -0.4 is 0 Å². The molecule has 2 aromatic carbocycles. The average molecular weight is 307 g/mol. The molecule has 1 aromatic heterocycles. The predicted octanol–water partition coefficient (Wildman–Crippen LogP) is 4.43. The summed E-state index contributed by atoms with van der Waals surface area (Å²) in [6.45, 7) is 4.34. The lowest BCUT2D eigenvalue weighted by atomic mass is 10.00. The van der Waals surface area contributed by atoms with Gasteiger partial charge in [0.2, 0.25) is 0 Å². The van der Waals surface area contributed by atoms with Gasteiger partial charge in [-0.2, -0.15) is 5.10 Å². The van der Waals surface area contributed by atoms with Gasteiger partial charge in [-0.05, 0) is 19.4 Å². The van der Waals surface area contributed by atoms with E-state index < -0.39 is 0 Å². The molecule has 0 atom stereocenters. The van der Waals surface area contributed by atoms with Crippen molar-refractivity contribution in [1.29, 1.82) is 0 Å². The smallest absolute Gasteiger partial charge is 0.137 e. The highest BCUT2D eigenvalue weighted by atomic mass is 19.1. The third-order valence-electron chi connectivity index (χ3n) is 3.76. The SMILES string of the molecule is Cc1ccc(/C(F)=C(\Cn2cncn2)c2ccc(C)cc2)cc1. The third-order valence-corrected chi connectivity index (χ3v) is 3.76. The van der Waals surface area contributed by atoms with Crippen LogP contribution in [0.1, 0.15) is 22.3 Å². The topological polar surface area (TPSA) is 30.7 Å². The molecule has 0 saturated carbocycles. The highest BCUT2D eigenvalue weighted by Crippen LogP contribution is 2.29. The number of aryl methyl sites for hydroxylation is 2. The molecular formula is C19H18FN3. The minimum atomic E-state index is -0.232. The fourth-order valence-corrected chi connectivity index (χ4v) is 2.39. The minimum Gasteiger partial charge on any atom is -0.248 e. The van der Waals surface area contributed by atoms with Gasteiger partial charge in [0.05, 0.1) is 6.54 Å². The van der Waals surface area contributed by atoms with E-state index in [1.807, 2.05) is 50.2 Å². The number of rotatable bonds is 4. The summed E-state index contributed by atoms with van der Waals surface area (Å²) in [5.41, 5.74) is 4.27. The molecule has 0 aliphatic rings.